The number of anilines is 2. The van der Waals surface area contributed by atoms with Gasteiger partial charge in [0.2, 0.25) is 5.91 Å². The van der Waals surface area contributed by atoms with E-state index < -0.39 is 0 Å². The molecule has 2 heterocycles. The highest BCUT2D eigenvalue weighted by atomic mass is 35.5. The van der Waals surface area contributed by atoms with Crippen molar-refractivity contribution in [2.45, 2.75) is 27.3 Å². The standard InChI is InChI=1S/C23H21ClN4O2S/c1-13-8-9-19(25-15(3)29)20(10-13)26-22(30)21-11-17-14(2)27-28(23(17)31-21)12-16-6-4-5-7-18(16)24/h4-11H,12H2,1-3H3,(H,25,29)(H,26,30). The Bertz CT molecular complexity index is 1310. The van der Waals surface area contributed by atoms with Crippen LogP contribution in [0.4, 0.5) is 11.4 Å². The Hall–Kier alpha value is -3.16. The van der Waals surface area contributed by atoms with Crippen molar-refractivity contribution in [2.75, 3.05) is 10.6 Å². The molecule has 8 heteroatoms. The third-order valence-electron chi connectivity index (χ3n) is 4.84. The molecule has 4 rings (SSSR count). The number of aromatic nitrogens is 2. The van der Waals surface area contributed by atoms with Gasteiger partial charge >= 0.3 is 0 Å². The summed E-state index contributed by atoms with van der Waals surface area (Å²) in [6.45, 7) is 5.82. The molecule has 158 valence electrons. The Morgan fingerprint density at radius 3 is 2.58 bits per heavy atom. The van der Waals surface area contributed by atoms with Gasteiger partial charge in [0.05, 0.1) is 28.5 Å². The number of nitrogens with one attached hydrogen (secondary N) is 2. The molecule has 0 fully saturated rings. The molecule has 0 bridgehead atoms. The summed E-state index contributed by atoms with van der Waals surface area (Å²) in [5.74, 6) is -0.432. The smallest absolute Gasteiger partial charge is 0.265 e. The Morgan fingerprint density at radius 1 is 1.06 bits per heavy atom. The fourth-order valence-corrected chi connectivity index (χ4v) is 4.62. The van der Waals surface area contributed by atoms with Crippen LogP contribution in [0, 0.1) is 13.8 Å². The van der Waals surface area contributed by atoms with Crippen LogP contribution in [-0.2, 0) is 11.3 Å². The quantitative estimate of drug-likeness (QED) is 0.412. The van der Waals surface area contributed by atoms with Gasteiger partial charge in [0.15, 0.2) is 0 Å². The van der Waals surface area contributed by atoms with Gasteiger partial charge in [0, 0.05) is 17.3 Å². The minimum Gasteiger partial charge on any atom is -0.325 e. The molecule has 6 nitrogen and oxygen atoms in total. The zero-order chi connectivity index (χ0) is 22.1. The lowest BCUT2D eigenvalue weighted by Crippen LogP contribution is -2.14. The third kappa shape index (κ3) is 4.47. The third-order valence-corrected chi connectivity index (χ3v) is 6.36. The van der Waals surface area contributed by atoms with Crippen LogP contribution in [0.5, 0.6) is 0 Å². The van der Waals surface area contributed by atoms with E-state index in [-0.39, 0.29) is 11.8 Å². The molecule has 31 heavy (non-hydrogen) atoms. The summed E-state index contributed by atoms with van der Waals surface area (Å²) < 4.78 is 1.88. The van der Waals surface area contributed by atoms with Crippen LogP contribution >= 0.6 is 22.9 Å². The number of thiophene rings is 1. The zero-order valence-electron chi connectivity index (χ0n) is 17.3. The Labute approximate surface area is 188 Å². The summed E-state index contributed by atoms with van der Waals surface area (Å²) in [6, 6.07) is 15.0. The van der Waals surface area contributed by atoms with E-state index in [4.69, 9.17) is 11.6 Å². The van der Waals surface area contributed by atoms with Crippen LogP contribution in [0.25, 0.3) is 10.2 Å². The molecule has 2 amide bonds. The lowest BCUT2D eigenvalue weighted by atomic mass is 10.2. The molecule has 0 aliphatic carbocycles. The maximum Gasteiger partial charge on any atom is 0.265 e. The van der Waals surface area contributed by atoms with E-state index in [0.29, 0.717) is 27.8 Å². The number of aryl methyl sites for hydroxylation is 2. The zero-order valence-corrected chi connectivity index (χ0v) is 18.9. The molecule has 0 aliphatic heterocycles. The average molecular weight is 453 g/mol. The van der Waals surface area contributed by atoms with Crippen LogP contribution < -0.4 is 10.6 Å². The maximum absolute atomic E-state index is 13.0. The van der Waals surface area contributed by atoms with Crippen molar-refractivity contribution < 1.29 is 9.59 Å². The van der Waals surface area contributed by atoms with E-state index in [1.165, 1.54) is 18.3 Å². The van der Waals surface area contributed by atoms with Crippen molar-refractivity contribution in [1.29, 1.82) is 0 Å². The van der Waals surface area contributed by atoms with Crippen molar-refractivity contribution in [3.05, 3.63) is 75.3 Å². The maximum atomic E-state index is 13.0. The van der Waals surface area contributed by atoms with Crippen LogP contribution in [0.3, 0.4) is 0 Å². The van der Waals surface area contributed by atoms with E-state index in [1.807, 2.05) is 61.0 Å². The van der Waals surface area contributed by atoms with E-state index in [0.717, 1.165) is 27.0 Å². The topological polar surface area (TPSA) is 76.0 Å². The van der Waals surface area contributed by atoms with Gasteiger partial charge in [-0.15, -0.1) is 11.3 Å². The van der Waals surface area contributed by atoms with E-state index in [9.17, 15) is 9.59 Å². The van der Waals surface area contributed by atoms with E-state index in [2.05, 4.69) is 15.7 Å². The first-order valence-corrected chi connectivity index (χ1v) is 10.9. The van der Waals surface area contributed by atoms with Gasteiger partial charge in [-0.05, 0) is 49.2 Å². The van der Waals surface area contributed by atoms with Gasteiger partial charge in [-0.2, -0.15) is 5.10 Å². The lowest BCUT2D eigenvalue weighted by molar-refractivity contribution is -0.114. The van der Waals surface area contributed by atoms with Crippen molar-refractivity contribution in [3.8, 4) is 0 Å². The molecule has 0 spiro atoms. The summed E-state index contributed by atoms with van der Waals surface area (Å²) >= 11 is 7.69. The number of benzene rings is 2. The first-order valence-electron chi connectivity index (χ1n) is 9.72. The molecule has 0 unspecified atom stereocenters. The van der Waals surface area contributed by atoms with Gasteiger partial charge < -0.3 is 10.6 Å². The van der Waals surface area contributed by atoms with Crippen LogP contribution in [0.15, 0.2) is 48.5 Å². The number of carbonyl (C=O) groups is 2. The fraction of sp³-hybridized carbons (Fsp3) is 0.174. The Morgan fingerprint density at radius 2 is 1.84 bits per heavy atom. The molecule has 0 saturated carbocycles. The summed E-state index contributed by atoms with van der Waals surface area (Å²) in [4.78, 5) is 26.0. The molecule has 0 atom stereocenters. The van der Waals surface area contributed by atoms with Crippen molar-refractivity contribution in [2.24, 2.45) is 0 Å². The molecule has 0 saturated heterocycles. The second kappa shape index (κ2) is 8.53. The average Bonchev–Trinajstić information content (AvgIpc) is 3.27. The number of hydrogen-bond acceptors (Lipinski definition) is 4. The summed E-state index contributed by atoms with van der Waals surface area (Å²) in [7, 11) is 0. The molecular formula is C23H21ClN4O2S. The molecule has 2 aromatic carbocycles. The fourth-order valence-electron chi connectivity index (χ4n) is 3.36. The number of hydrogen-bond donors (Lipinski definition) is 2. The summed E-state index contributed by atoms with van der Waals surface area (Å²) in [5, 5.41) is 11.9. The predicted octanol–water partition coefficient (Wildman–Crippen LogP) is 5.63. The molecule has 0 radical (unpaired) electrons. The molecule has 2 aromatic heterocycles. The SMILES string of the molecule is CC(=O)Nc1ccc(C)cc1NC(=O)c1cc2c(C)nn(Cc3ccccc3Cl)c2s1. The Kier molecular flexibility index (Phi) is 5.80. The van der Waals surface area contributed by atoms with Gasteiger partial charge in [0.25, 0.3) is 5.91 Å². The van der Waals surface area contributed by atoms with Gasteiger partial charge in [-0.1, -0.05) is 35.9 Å². The number of halogens is 1. The summed E-state index contributed by atoms with van der Waals surface area (Å²) in [6.07, 6.45) is 0. The number of carbonyl (C=O) groups excluding carboxylic acids is 2. The highest BCUT2D eigenvalue weighted by Crippen LogP contribution is 2.31. The van der Waals surface area contributed by atoms with Crippen molar-refractivity contribution >= 4 is 56.3 Å². The minimum absolute atomic E-state index is 0.198. The molecular weight excluding hydrogens is 432 g/mol. The first-order chi connectivity index (χ1) is 14.8. The number of amides is 2. The normalized spacial score (nSPS) is 11.0. The lowest BCUT2D eigenvalue weighted by Gasteiger charge is -2.12. The van der Waals surface area contributed by atoms with Gasteiger partial charge in [0.1, 0.15) is 4.83 Å². The van der Waals surface area contributed by atoms with Gasteiger partial charge in [-0.25, -0.2) is 0 Å². The Balaban J connectivity index is 1.64. The largest absolute Gasteiger partial charge is 0.325 e. The summed E-state index contributed by atoms with van der Waals surface area (Å²) in [5.41, 5.74) is 3.92. The van der Waals surface area contributed by atoms with Gasteiger partial charge in [-0.3, -0.25) is 14.3 Å². The number of fused-ring (bicyclic) bond motifs is 1. The first kappa shape index (κ1) is 21.1. The highest BCUT2D eigenvalue weighted by Gasteiger charge is 2.18. The molecule has 2 N–H and O–H groups in total. The second-order valence-electron chi connectivity index (χ2n) is 7.35. The van der Waals surface area contributed by atoms with E-state index >= 15 is 0 Å². The minimum atomic E-state index is -0.234. The monoisotopic (exact) mass is 452 g/mol. The predicted molar refractivity (Wildman–Crippen MR) is 126 cm³/mol. The van der Waals surface area contributed by atoms with Crippen molar-refractivity contribution in [3.63, 3.8) is 0 Å². The molecule has 0 aliphatic rings. The number of nitrogens with zero attached hydrogens (tertiary/aromatic N) is 2. The van der Waals surface area contributed by atoms with Crippen LogP contribution in [0.1, 0.15) is 33.4 Å². The van der Waals surface area contributed by atoms with Crippen LogP contribution in [-0.4, -0.2) is 21.6 Å². The molecule has 4 aromatic rings. The van der Waals surface area contributed by atoms with Crippen LogP contribution in [0.2, 0.25) is 5.02 Å². The number of rotatable bonds is 5. The second-order valence-corrected chi connectivity index (χ2v) is 8.79. The van der Waals surface area contributed by atoms with E-state index in [1.54, 1.807) is 6.07 Å². The highest BCUT2D eigenvalue weighted by molar-refractivity contribution is 7.20. The van der Waals surface area contributed by atoms with Crippen molar-refractivity contribution in [1.82, 2.24) is 9.78 Å².